The van der Waals surface area contributed by atoms with E-state index in [2.05, 4.69) is 11.8 Å². The molecule has 22 heavy (non-hydrogen) atoms. The molecule has 0 aliphatic carbocycles. The average Bonchev–Trinajstić information content (AvgIpc) is 2.48. The SMILES string of the molecule is CC(=O)c1ccccc1OCC(O)CN1CCCCC1C.Cl. The Morgan fingerprint density at radius 1 is 1.41 bits per heavy atom. The summed E-state index contributed by atoms with van der Waals surface area (Å²) >= 11 is 0. The number of β-amino-alcohol motifs (C(OH)–C–C–N with tert-alkyl or cyclic N) is 1. The Bertz CT molecular complexity index is 481. The van der Waals surface area contributed by atoms with E-state index < -0.39 is 6.10 Å². The third-order valence-electron chi connectivity index (χ3n) is 4.08. The molecule has 4 nitrogen and oxygen atoms in total. The number of nitrogens with zero attached hydrogens (tertiary/aromatic N) is 1. The molecular formula is C17H26ClNO3. The van der Waals surface area contributed by atoms with Crippen molar-refractivity contribution < 1.29 is 14.6 Å². The molecule has 1 N–H and O–H groups in total. The highest BCUT2D eigenvalue weighted by molar-refractivity contribution is 5.96. The molecular weight excluding hydrogens is 302 g/mol. The van der Waals surface area contributed by atoms with E-state index in [-0.39, 0.29) is 24.8 Å². The van der Waals surface area contributed by atoms with Gasteiger partial charge in [0.2, 0.25) is 0 Å². The molecule has 2 rings (SSSR count). The van der Waals surface area contributed by atoms with Crippen molar-refractivity contribution in [2.75, 3.05) is 19.7 Å². The Balaban J connectivity index is 0.00000242. The Hall–Kier alpha value is -1.10. The minimum atomic E-state index is -0.537. The lowest BCUT2D eigenvalue weighted by Gasteiger charge is -2.34. The zero-order valence-electron chi connectivity index (χ0n) is 13.3. The van der Waals surface area contributed by atoms with E-state index in [1.807, 2.05) is 12.1 Å². The number of para-hydroxylation sites is 1. The predicted octanol–water partition coefficient (Wildman–Crippen LogP) is 2.93. The second-order valence-corrected chi connectivity index (χ2v) is 5.86. The van der Waals surface area contributed by atoms with E-state index in [4.69, 9.17) is 4.74 Å². The van der Waals surface area contributed by atoms with Crippen LogP contribution < -0.4 is 4.74 Å². The molecule has 0 saturated carbocycles. The van der Waals surface area contributed by atoms with Crippen molar-refractivity contribution in [3.8, 4) is 5.75 Å². The third kappa shape index (κ3) is 5.27. The fourth-order valence-electron chi connectivity index (χ4n) is 2.82. The van der Waals surface area contributed by atoms with Crippen molar-refractivity contribution in [2.24, 2.45) is 0 Å². The maximum atomic E-state index is 11.5. The number of rotatable bonds is 6. The van der Waals surface area contributed by atoms with Gasteiger partial charge in [0.05, 0.1) is 5.56 Å². The summed E-state index contributed by atoms with van der Waals surface area (Å²) in [4.78, 5) is 13.8. The van der Waals surface area contributed by atoms with Crippen LogP contribution in [0.5, 0.6) is 5.75 Å². The highest BCUT2D eigenvalue weighted by Gasteiger charge is 2.21. The number of likely N-dealkylation sites (tertiary alicyclic amines) is 1. The lowest BCUT2D eigenvalue weighted by atomic mass is 10.0. The number of aliphatic hydroxyl groups excluding tert-OH is 1. The van der Waals surface area contributed by atoms with Gasteiger partial charge in [-0.1, -0.05) is 18.6 Å². The second-order valence-electron chi connectivity index (χ2n) is 5.86. The number of aliphatic hydroxyl groups is 1. The first-order valence-corrected chi connectivity index (χ1v) is 7.73. The van der Waals surface area contributed by atoms with Gasteiger partial charge in [0.1, 0.15) is 18.5 Å². The van der Waals surface area contributed by atoms with Crippen LogP contribution in [0.1, 0.15) is 43.5 Å². The smallest absolute Gasteiger partial charge is 0.163 e. The summed E-state index contributed by atoms with van der Waals surface area (Å²) in [5.74, 6) is 0.528. The van der Waals surface area contributed by atoms with Crippen LogP contribution in [0.3, 0.4) is 0 Å². The molecule has 0 radical (unpaired) electrons. The summed E-state index contributed by atoms with van der Waals surface area (Å²) in [5.41, 5.74) is 0.566. The van der Waals surface area contributed by atoms with Crippen LogP contribution >= 0.6 is 12.4 Å². The van der Waals surface area contributed by atoms with Gasteiger partial charge in [-0.15, -0.1) is 12.4 Å². The van der Waals surface area contributed by atoms with Gasteiger partial charge in [-0.05, 0) is 45.4 Å². The number of carbonyl (C=O) groups is 1. The van der Waals surface area contributed by atoms with Crippen molar-refractivity contribution in [3.05, 3.63) is 29.8 Å². The molecule has 1 saturated heterocycles. The van der Waals surface area contributed by atoms with Gasteiger partial charge >= 0.3 is 0 Å². The number of Topliss-reactive ketones (excluding diaryl/α,β-unsaturated/α-hetero) is 1. The first-order chi connectivity index (χ1) is 10.1. The minimum absolute atomic E-state index is 0. The fourth-order valence-corrected chi connectivity index (χ4v) is 2.82. The van der Waals surface area contributed by atoms with Crippen LogP contribution in [0.4, 0.5) is 0 Å². The summed E-state index contributed by atoms with van der Waals surface area (Å²) in [6.07, 6.45) is 3.13. The Morgan fingerprint density at radius 2 is 2.14 bits per heavy atom. The summed E-state index contributed by atoms with van der Waals surface area (Å²) in [7, 11) is 0. The first-order valence-electron chi connectivity index (χ1n) is 7.73. The lowest BCUT2D eigenvalue weighted by molar-refractivity contribution is 0.0435. The molecule has 1 aliphatic rings. The zero-order chi connectivity index (χ0) is 15.2. The zero-order valence-corrected chi connectivity index (χ0v) is 14.1. The summed E-state index contributed by atoms with van der Waals surface area (Å²) in [5, 5.41) is 10.2. The van der Waals surface area contributed by atoms with E-state index in [0.29, 0.717) is 23.9 Å². The second kappa shape index (κ2) is 9.13. The number of hydrogen-bond donors (Lipinski definition) is 1. The molecule has 1 heterocycles. The van der Waals surface area contributed by atoms with E-state index in [1.54, 1.807) is 12.1 Å². The molecule has 1 fully saturated rings. The van der Waals surface area contributed by atoms with Gasteiger partial charge in [0.25, 0.3) is 0 Å². The monoisotopic (exact) mass is 327 g/mol. The molecule has 1 aliphatic heterocycles. The molecule has 0 spiro atoms. The molecule has 2 unspecified atom stereocenters. The summed E-state index contributed by atoms with van der Waals surface area (Å²) in [6.45, 7) is 5.62. The number of benzene rings is 1. The summed E-state index contributed by atoms with van der Waals surface area (Å²) in [6, 6.07) is 7.69. The van der Waals surface area contributed by atoms with Crippen molar-refractivity contribution in [3.63, 3.8) is 0 Å². The Labute approximate surface area is 138 Å². The topological polar surface area (TPSA) is 49.8 Å². The van der Waals surface area contributed by atoms with Gasteiger partial charge < -0.3 is 9.84 Å². The molecule has 0 bridgehead atoms. The number of hydrogen-bond acceptors (Lipinski definition) is 4. The maximum absolute atomic E-state index is 11.5. The van der Waals surface area contributed by atoms with Crippen LogP contribution in [0, 0.1) is 0 Å². The van der Waals surface area contributed by atoms with Crippen LogP contribution in [-0.2, 0) is 0 Å². The number of halogens is 1. The van der Waals surface area contributed by atoms with E-state index in [0.717, 1.165) is 6.54 Å². The maximum Gasteiger partial charge on any atom is 0.163 e. The van der Waals surface area contributed by atoms with Gasteiger partial charge in [0.15, 0.2) is 5.78 Å². The molecule has 2 atom stereocenters. The van der Waals surface area contributed by atoms with E-state index >= 15 is 0 Å². The minimum Gasteiger partial charge on any atom is -0.490 e. The number of carbonyl (C=O) groups excluding carboxylic acids is 1. The molecule has 0 aromatic heterocycles. The summed E-state index contributed by atoms with van der Waals surface area (Å²) < 4.78 is 5.64. The predicted molar refractivity (Wildman–Crippen MR) is 90.1 cm³/mol. The van der Waals surface area contributed by atoms with Gasteiger partial charge in [-0.2, -0.15) is 0 Å². The lowest BCUT2D eigenvalue weighted by Crippen LogP contribution is -2.43. The number of ether oxygens (including phenoxy) is 1. The molecule has 5 heteroatoms. The van der Waals surface area contributed by atoms with Gasteiger partial charge in [0, 0.05) is 12.6 Å². The number of ketones is 1. The highest BCUT2D eigenvalue weighted by atomic mass is 35.5. The molecule has 1 aromatic carbocycles. The van der Waals surface area contributed by atoms with E-state index in [1.165, 1.54) is 26.2 Å². The van der Waals surface area contributed by atoms with Crippen LogP contribution in [-0.4, -0.2) is 47.6 Å². The van der Waals surface area contributed by atoms with Crippen molar-refractivity contribution in [2.45, 2.75) is 45.3 Å². The van der Waals surface area contributed by atoms with Crippen molar-refractivity contribution >= 4 is 18.2 Å². The van der Waals surface area contributed by atoms with Crippen molar-refractivity contribution in [1.82, 2.24) is 4.90 Å². The fraction of sp³-hybridized carbons (Fsp3) is 0.588. The largest absolute Gasteiger partial charge is 0.490 e. The third-order valence-corrected chi connectivity index (χ3v) is 4.08. The molecule has 1 aromatic rings. The first kappa shape index (κ1) is 18.9. The van der Waals surface area contributed by atoms with Crippen LogP contribution in [0.25, 0.3) is 0 Å². The van der Waals surface area contributed by atoms with Gasteiger partial charge in [-0.25, -0.2) is 0 Å². The molecule has 0 amide bonds. The van der Waals surface area contributed by atoms with E-state index in [9.17, 15) is 9.90 Å². The Kier molecular flexibility index (Phi) is 7.87. The van der Waals surface area contributed by atoms with Gasteiger partial charge in [-0.3, -0.25) is 9.69 Å². The number of piperidine rings is 1. The average molecular weight is 328 g/mol. The Morgan fingerprint density at radius 3 is 2.82 bits per heavy atom. The highest BCUT2D eigenvalue weighted by Crippen LogP contribution is 2.19. The van der Waals surface area contributed by atoms with Crippen LogP contribution in [0.15, 0.2) is 24.3 Å². The normalized spacial score (nSPS) is 20.0. The molecule has 124 valence electrons. The van der Waals surface area contributed by atoms with Crippen LogP contribution in [0.2, 0.25) is 0 Å². The standard InChI is InChI=1S/C17H25NO3.ClH/c1-13-7-5-6-10-18(13)11-15(20)12-21-17-9-4-3-8-16(17)14(2)19;/h3-4,8-9,13,15,20H,5-7,10-12H2,1-2H3;1H. The van der Waals surface area contributed by atoms with Crippen molar-refractivity contribution in [1.29, 1.82) is 0 Å². The quantitative estimate of drug-likeness (QED) is 0.816.